The van der Waals surface area contributed by atoms with Crippen LogP contribution in [0.15, 0.2) is 71.5 Å². The Hall–Kier alpha value is -6.46. The molecule has 3 aliphatic heterocycles. The Morgan fingerprint density at radius 2 is 1.79 bits per heavy atom. The summed E-state index contributed by atoms with van der Waals surface area (Å²) < 4.78 is 31.7. The van der Waals surface area contributed by atoms with Crippen molar-refractivity contribution in [3.05, 3.63) is 89.6 Å². The quantitative estimate of drug-likeness (QED) is 0.115. The van der Waals surface area contributed by atoms with Crippen molar-refractivity contribution in [1.82, 2.24) is 35.2 Å². The molecule has 6 bridgehead atoms. The lowest BCUT2D eigenvalue weighted by Gasteiger charge is -2.36. The van der Waals surface area contributed by atoms with Crippen LogP contribution < -0.4 is 15.6 Å². The first-order valence-corrected chi connectivity index (χ1v) is 23.6. The fourth-order valence-corrected chi connectivity index (χ4v) is 9.18. The number of fused-ring (bicyclic) bond motifs is 6. The zero-order valence-electron chi connectivity index (χ0n) is 40.4. The van der Waals surface area contributed by atoms with Crippen molar-refractivity contribution in [1.29, 1.82) is 0 Å². The highest BCUT2D eigenvalue weighted by Crippen LogP contribution is 2.43. The van der Waals surface area contributed by atoms with Crippen LogP contribution in [0.1, 0.15) is 89.9 Å². The minimum atomic E-state index is -1.09. The number of nitrogens with one attached hydrogen (secondary N) is 2. The number of cyclic esters (lactones) is 1. The van der Waals surface area contributed by atoms with Gasteiger partial charge in [0, 0.05) is 80.2 Å². The van der Waals surface area contributed by atoms with Crippen molar-refractivity contribution < 1.29 is 42.5 Å². The number of amides is 3. The molecule has 5 aromatic rings. The zero-order valence-corrected chi connectivity index (χ0v) is 40.4. The Balaban J connectivity index is 1.18. The van der Waals surface area contributed by atoms with Crippen LogP contribution in [-0.4, -0.2) is 113 Å². The third-order valence-electron chi connectivity index (χ3n) is 12.7. The van der Waals surface area contributed by atoms with Crippen LogP contribution >= 0.6 is 0 Å². The van der Waals surface area contributed by atoms with Crippen LogP contribution in [0.4, 0.5) is 15.3 Å². The number of piperazine rings is 1. The summed E-state index contributed by atoms with van der Waals surface area (Å²) in [5.74, 6) is -0.556. The van der Waals surface area contributed by atoms with Gasteiger partial charge in [0.2, 0.25) is 5.89 Å². The van der Waals surface area contributed by atoms with Gasteiger partial charge in [-0.1, -0.05) is 44.2 Å². The molecular formula is C51H64N8O9. The summed E-state index contributed by atoms with van der Waals surface area (Å²) in [6.07, 6.45) is 3.46. The molecule has 0 spiro atoms. The number of alkyl carbamates (subject to hydrolysis) is 1. The molecule has 8 rings (SSSR count). The number of oxazole rings is 1. The number of ether oxygens (including phenoxy) is 4. The summed E-state index contributed by atoms with van der Waals surface area (Å²) in [7, 11) is 1.68. The lowest BCUT2D eigenvalue weighted by atomic mass is 9.84. The highest BCUT2D eigenvalue weighted by atomic mass is 16.6. The van der Waals surface area contributed by atoms with E-state index < -0.39 is 41.1 Å². The summed E-state index contributed by atoms with van der Waals surface area (Å²) in [6.45, 7) is 16.9. The molecule has 2 saturated heterocycles. The summed E-state index contributed by atoms with van der Waals surface area (Å²) in [5.41, 5.74) is 9.39. The van der Waals surface area contributed by atoms with Crippen LogP contribution in [-0.2, 0) is 54.5 Å². The number of nitrogens with zero attached hydrogens (tertiary/aromatic N) is 6. The molecule has 17 nitrogen and oxygen atoms in total. The predicted molar refractivity (Wildman–Crippen MR) is 255 cm³/mol. The van der Waals surface area contributed by atoms with Crippen molar-refractivity contribution in [2.24, 2.45) is 5.41 Å². The molecule has 3 aromatic heterocycles. The van der Waals surface area contributed by atoms with E-state index in [-0.39, 0.29) is 31.8 Å². The standard InChI is InChI=1S/C51H64N8O9/c1-9-58-42-18-17-34-24-37(42)39(44(58)38-26-36(28-52-43(38)32(2)64-8)56-20-22-57(23-21-56)49(63)66-29-33-14-11-10-12-15-33)27-51(6,7)31-67-47(61)40-16-13-19-59(55-40)46(60)41(25-35-30-65-45(34)53-35)54-48(62)68-50(3,4)5/h10-12,14-15,17-18,24,26,28,30,32,40-41,55H,9,13,16,19-23,25,27,29,31H2,1-8H3,(H,54,62)/t32-,40-,41-/m0/s1. The van der Waals surface area contributed by atoms with Gasteiger partial charge in [0.05, 0.1) is 41.7 Å². The van der Waals surface area contributed by atoms with Gasteiger partial charge in [-0.05, 0) is 89.3 Å². The number of benzene rings is 2. The predicted octanol–water partition coefficient (Wildman–Crippen LogP) is 7.60. The van der Waals surface area contributed by atoms with E-state index in [0.29, 0.717) is 70.1 Å². The van der Waals surface area contributed by atoms with Gasteiger partial charge < -0.3 is 43.0 Å². The van der Waals surface area contributed by atoms with Gasteiger partial charge >= 0.3 is 18.2 Å². The maximum absolute atomic E-state index is 14.1. The molecule has 0 aliphatic carbocycles. The highest BCUT2D eigenvalue weighted by Gasteiger charge is 2.37. The van der Waals surface area contributed by atoms with Gasteiger partial charge in [-0.3, -0.25) is 19.6 Å². The first-order valence-electron chi connectivity index (χ1n) is 23.6. The normalized spacial score (nSPS) is 19.6. The van der Waals surface area contributed by atoms with Crippen molar-refractivity contribution in [2.45, 2.75) is 111 Å². The molecule has 362 valence electrons. The number of pyridine rings is 1. The van der Waals surface area contributed by atoms with Crippen molar-refractivity contribution in [3.63, 3.8) is 0 Å². The second-order valence-corrected chi connectivity index (χ2v) is 19.6. The number of anilines is 1. The summed E-state index contributed by atoms with van der Waals surface area (Å²) in [4.78, 5) is 68.2. The molecule has 3 atom stereocenters. The van der Waals surface area contributed by atoms with Gasteiger partial charge in [0.1, 0.15) is 30.6 Å². The Bertz CT molecular complexity index is 2630. The van der Waals surface area contributed by atoms with Crippen LogP contribution in [0.5, 0.6) is 0 Å². The number of aryl methyl sites for hydroxylation is 1. The molecule has 0 radical (unpaired) electrons. The Labute approximate surface area is 397 Å². The number of rotatable bonds is 8. The molecule has 3 amide bonds. The van der Waals surface area contributed by atoms with Crippen molar-refractivity contribution in [2.75, 3.05) is 51.3 Å². The fraction of sp³-hybridized carbons (Fsp3) is 0.490. The average molecular weight is 933 g/mol. The summed E-state index contributed by atoms with van der Waals surface area (Å²) in [6, 6.07) is 16.1. The van der Waals surface area contributed by atoms with E-state index in [9.17, 15) is 19.2 Å². The summed E-state index contributed by atoms with van der Waals surface area (Å²) in [5, 5.41) is 5.10. The minimum absolute atomic E-state index is 0.00407. The maximum atomic E-state index is 14.1. The first-order chi connectivity index (χ1) is 32.5. The van der Waals surface area contributed by atoms with E-state index in [1.807, 2.05) is 49.5 Å². The SMILES string of the molecule is CCn1c(-c2cc(N3CCN(C(=O)OCc4ccccc4)CC3)cnc2[C@H](C)OC)c2c3cc(ccc31)-c1nc(co1)C[C@H](NC(=O)OC(C)(C)C)C(=O)N1CCC[C@H](N1)C(=O)OCC(C)(C)C2. The molecule has 3 aliphatic rings. The van der Waals surface area contributed by atoms with Gasteiger partial charge in [0.25, 0.3) is 5.91 Å². The van der Waals surface area contributed by atoms with Gasteiger partial charge in [-0.25, -0.2) is 20.0 Å². The monoisotopic (exact) mass is 932 g/mol. The fourth-order valence-electron chi connectivity index (χ4n) is 9.18. The van der Waals surface area contributed by atoms with Crippen LogP contribution in [0.2, 0.25) is 0 Å². The van der Waals surface area contributed by atoms with E-state index in [1.165, 1.54) is 11.3 Å². The van der Waals surface area contributed by atoms with E-state index in [2.05, 4.69) is 59.2 Å². The molecule has 2 aromatic carbocycles. The number of methoxy groups -OCH3 is 1. The minimum Gasteiger partial charge on any atom is -0.464 e. The van der Waals surface area contributed by atoms with E-state index in [4.69, 9.17) is 33.3 Å². The van der Waals surface area contributed by atoms with Gasteiger partial charge in [0.15, 0.2) is 0 Å². The molecule has 2 N–H and O–H groups in total. The molecular weight excluding hydrogens is 869 g/mol. The van der Waals surface area contributed by atoms with Crippen molar-refractivity contribution >= 4 is 40.7 Å². The van der Waals surface area contributed by atoms with Crippen LogP contribution in [0.3, 0.4) is 0 Å². The van der Waals surface area contributed by atoms with E-state index in [0.717, 1.165) is 50.2 Å². The van der Waals surface area contributed by atoms with E-state index in [1.54, 1.807) is 32.8 Å². The molecule has 0 unspecified atom stereocenters. The smallest absolute Gasteiger partial charge is 0.410 e. The lowest BCUT2D eigenvalue weighted by Crippen LogP contribution is -2.60. The molecule has 0 saturated carbocycles. The zero-order chi connectivity index (χ0) is 48.3. The molecule has 17 heteroatoms. The molecule has 68 heavy (non-hydrogen) atoms. The van der Waals surface area contributed by atoms with Crippen LogP contribution in [0, 0.1) is 5.41 Å². The van der Waals surface area contributed by atoms with E-state index >= 15 is 0 Å². The number of carbonyl (C=O) groups is 4. The third-order valence-corrected chi connectivity index (χ3v) is 12.7. The average Bonchev–Trinajstić information content (AvgIpc) is 3.92. The maximum Gasteiger partial charge on any atom is 0.410 e. The Morgan fingerprint density at radius 1 is 1.03 bits per heavy atom. The topological polar surface area (TPSA) is 183 Å². The second kappa shape index (κ2) is 20.0. The third kappa shape index (κ3) is 10.8. The Morgan fingerprint density at radius 3 is 2.51 bits per heavy atom. The molecule has 6 heterocycles. The lowest BCUT2D eigenvalue weighted by molar-refractivity contribution is -0.155. The number of aromatic nitrogens is 3. The second-order valence-electron chi connectivity index (χ2n) is 19.6. The van der Waals surface area contributed by atoms with Gasteiger partial charge in [-0.2, -0.15) is 0 Å². The summed E-state index contributed by atoms with van der Waals surface area (Å²) >= 11 is 0. The number of hydrazine groups is 1. The van der Waals surface area contributed by atoms with Crippen molar-refractivity contribution in [3.8, 4) is 22.7 Å². The highest BCUT2D eigenvalue weighted by molar-refractivity contribution is 5.95. The largest absolute Gasteiger partial charge is 0.464 e. The number of esters is 1. The molecule has 2 fully saturated rings. The Kier molecular flexibility index (Phi) is 14.1. The number of carbonyl (C=O) groups excluding carboxylic acids is 4. The number of hydrogen-bond acceptors (Lipinski definition) is 13. The number of hydrogen-bond donors (Lipinski definition) is 2. The van der Waals surface area contributed by atoms with Crippen LogP contribution in [0.25, 0.3) is 33.6 Å². The van der Waals surface area contributed by atoms with Gasteiger partial charge in [-0.15, -0.1) is 0 Å². The first kappa shape index (κ1) is 48.0.